The molecular formula is C20H24F2N2O5S. The molecule has 0 radical (unpaired) electrons. The van der Waals surface area contributed by atoms with Gasteiger partial charge >= 0.3 is 6.61 Å². The van der Waals surface area contributed by atoms with Gasteiger partial charge in [0.25, 0.3) is 0 Å². The number of carbonyl (C=O) groups excluding carboxylic acids is 1. The number of amides is 1. The van der Waals surface area contributed by atoms with Crippen LogP contribution in [0.4, 0.5) is 8.78 Å². The lowest BCUT2D eigenvalue weighted by Gasteiger charge is -2.22. The molecule has 0 aliphatic heterocycles. The van der Waals surface area contributed by atoms with E-state index in [4.69, 9.17) is 4.74 Å². The molecule has 1 atom stereocenters. The number of carbonyl (C=O) groups is 1. The highest BCUT2D eigenvalue weighted by molar-refractivity contribution is 7.89. The molecule has 0 heterocycles. The largest absolute Gasteiger partial charge is 0.493 e. The highest BCUT2D eigenvalue weighted by Crippen LogP contribution is 2.29. The maximum Gasteiger partial charge on any atom is 0.387 e. The summed E-state index contributed by atoms with van der Waals surface area (Å²) in [5.74, 6) is -0.873. The molecule has 0 aromatic heterocycles. The molecule has 0 saturated carbocycles. The summed E-state index contributed by atoms with van der Waals surface area (Å²) in [6.07, 6.45) is 0. The van der Waals surface area contributed by atoms with Crippen LogP contribution in [0.2, 0.25) is 0 Å². The zero-order valence-corrected chi connectivity index (χ0v) is 17.6. The van der Waals surface area contributed by atoms with Gasteiger partial charge in [0.1, 0.15) is 6.04 Å². The fourth-order valence-electron chi connectivity index (χ4n) is 2.64. The van der Waals surface area contributed by atoms with Crippen molar-refractivity contribution in [3.05, 3.63) is 54.1 Å². The molecular weight excluding hydrogens is 418 g/mol. The Labute approximate surface area is 174 Å². The number of nitrogens with one attached hydrogen (secondary N) is 2. The van der Waals surface area contributed by atoms with Gasteiger partial charge in [0, 0.05) is 6.54 Å². The summed E-state index contributed by atoms with van der Waals surface area (Å²) < 4.78 is 61.8. The molecule has 2 aromatic carbocycles. The van der Waals surface area contributed by atoms with Gasteiger partial charge < -0.3 is 14.8 Å². The zero-order chi connectivity index (χ0) is 22.3. The van der Waals surface area contributed by atoms with Crippen LogP contribution >= 0.6 is 0 Å². The van der Waals surface area contributed by atoms with Crippen LogP contribution in [0, 0.1) is 5.92 Å². The Hall–Kier alpha value is -2.72. The molecule has 0 aliphatic carbocycles. The van der Waals surface area contributed by atoms with Gasteiger partial charge in [0.2, 0.25) is 15.9 Å². The van der Waals surface area contributed by atoms with Crippen LogP contribution in [0.15, 0.2) is 53.4 Å². The number of hydrogen-bond acceptors (Lipinski definition) is 5. The van der Waals surface area contributed by atoms with E-state index in [1.165, 1.54) is 37.4 Å². The van der Waals surface area contributed by atoms with Crippen molar-refractivity contribution < 1.29 is 31.5 Å². The number of halogens is 2. The van der Waals surface area contributed by atoms with Crippen LogP contribution in [0.5, 0.6) is 11.5 Å². The third-order valence-corrected chi connectivity index (χ3v) is 5.65. The molecule has 0 fully saturated rings. The summed E-state index contributed by atoms with van der Waals surface area (Å²) in [5, 5.41) is 2.66. The SMILES string of the molecule is COc1cc(CNC(=O)C(NS(=O)(=O)c2ccccc2)C(C)C)ccc1OC(F)F. The van der Waals surface area contributed by atoms with E-state index in [9.17, 15) is 22.0 Å². The topological polar surface area (TPSA) is 93.7 Å². The third-order valence-electron chi connectivity index (χ3n) is 4.20. The standard InChI is InChI=1S/C20H24F2N2O5S/c1-13(2)18(24-30(26,27)15-7-5-4-6-8-15)19(25)23-12-14-9-10-16(29-20(21)22)17(11-14)28-3/h4-11,13,18,20,24H,12H2,1-3H3,(H,23,25). The Balaban J connectivity index is 2.09. The molecule has 2 aromatic rings. The maximum atomic E-state index is 12.6. The van der Waals surface area contributed by atoms with Gasteiger partial charge in [-0.05, 0) is 35.7 Å². The molecule has 2 N–H and O–H groups in total. The van der Waals surface area contributed by atoms with Gasteiger partial charge in [0.05, 0.1) is 12.0 Å². The minimum Gasteiger partial charge on any atom is -0.493 e. The van der Waals surface area contributed by atoms with Crippen LogP contribution in [0.1, 0.15) is 19.4 Å². The maximum absolute atomic E-state index is 12.6. The van der Waals surface area contributed by atoms with Gasteiger partial charge in [-0.1, -0.05) is 38.1 Å². The molecule has 0 bridgehead atoms. The van der Waals surface area contributed by atoms with E-state index in [2.05, 4.69) is 14.8 Å². The second kappa shape index (κ2) is 10.4. The summed E-state index contributed by atoms with van der Waals surface area (Å²) in [6.45, 7) is 0.489. The Morgan fingerprint density at radius 2 is 1.73 bits per heavy atom. The van der Waals surface area contributed by atoms with E-state index >= 15 is 0 Å². The van der Waals surface area contributed by atoms with Crippen LogP contribution < -0.4 is 19.5 Å². The first-order valence-corrected chi connectivity index (χ1v) is 10.6. The molecule has 1 amide bonds. The normalized spacial score (nSPS) is 12.6. The van der Waals surface area contributed by atoms with E-state index in [-0.39, 0.29) is 28.9 Å². The highest BCUT2D eigenvalue weighted by Gasteiger charge is 2.28. The molecule has 30 heavy (non-hydrogen) atoms. The van der Waals surface area contributed by atoms with E-state index in [0.717, 1.165) is 0 Å². The lowest BCUT2D eigenvalue weighted by Crippen LogP contribution is -2.49. The number of sulfonamides is 1. The molecule has 2 rings (SSSR count). The quantitative estimate of drug-likeness (QED) is 0.590. The van der Waals surface area contributed by atoms with Crippen molar-refractivity contribution >= 4 is 15.9 Å². The Bertz CT molecular complexity index is 953. The minimum absolute atomic E-state index is 0.0421. The van der Waals surface area contributed by atoms with E-state index < -0.39 is 28.6 Å². The van der Waals surface area contributed by atoms with Crippen LogP contribution in [0.3, 0.4) is 0 Å². The van der Waals surface area contributed by atoms with Gasteiger partial charge in [-0.2, -0.15) is 13.5 Å². The molecule has 0 spiro atoms. The van der Waals surface area contributed by atoms with Crippen molar-refractivity contribution in [1.82, 2.24) is 10.0 Å². The highest BCUT2D eigenvalue weighted by atomic mass is 32.2. The second-order valence-electron chi connectivity index (χ2n) is 6.74. The summed E-state index contributed by atoms with van der Waals surface area (Å²) in [5.41, 5.74) is 0.565. The van der Waals surface area contributed by atoms with E-state index in [0.29, 0.717) is 5.56 Å². The lowest BCUT2D eigenvalue weighted by atomic mass is 10.0. The monoisotopic (exact) mass is 442 g/mol. The van der Waals surface area contributed by atoms with Crippen LogP contribution in [0.25, 0.3) is 0 Å². The first kappa shape index (κ1) is 23.6. The average molecular weight is 442 g/mol. The molecule has 10 heteroatoms. The second-order valence-corrected chi connectivity index (χ2v) is 8.45. The molecule has 1 unspecified atom stereocenters. The van der Waals surface area contributed by atoms with Crippen molar-refractivity contribution in [2.75, 3.05) is 7.11 Å². The average Bonchev–Trinajstić information content (AvgIpc) is 2.71. The number of benzene rings is 2. The summed E-state index contributed by atoms with van der Waals surface area (Å²) in [7, 11) is -2.57. The van der Waals surface area contributed by atoms with Crippen molar-refractivity contribution in [3.63, 3.8) is 0 Å². The number of rotatable bonds is 10. The number of hydrogen-bond donors (Lipinski definition) is 2. The fourth-order valence-corrected chi connectivity index (χ4v) is 4.01. The van der Waals surface area contributed by atoms with Crippen molar-refractivity contribution in [2.24, 2.45) is 5.92 Å². The van der Waals surface area contributed by atoms with Gasteiger partial charge in [-0.25, -0.2) is 8.42 Å². The number of alkyl halides is 2. The summed E-state index contributed by atoms with van der Waals surface area (Å²) >= 11 is 0. The molecule has 0 saturated heterocycles. The van der Waals surface area contributed by atoms with E-state index in [1.807, 2.05) is 0 Å². The van der Waals surface area contributed by atoms with Gasteiger partial charge in [0.15, 0.2) is 11.5 Å². The van der Waals surface area contributed by atoms with Crippen molar-refractivity contribution in [3.8, 4) is 11.5 Å². The third kappa shape index (κ3) is 6.39. The smallest absolute Gasteiger partial charge is 0.387 e. The molecule has 164 valence electrons. The molecule has 7 nitrogen and oxygen atoms in total. The molecule has 0 aliphatic rings. The van der Waals surface area contributed by atoms with Crippen LogP contribution in [-0.2, 0) is 21.4 Å². The van der Waals surface area contributed by atoms with Gasteiger partial charge in [-0.3, -0.25) is 4.79 Å². The fraction of sp³-hybridized carbons (Fsp3) is 0.350. The first-order valence-electron chi connectivity index (χ1n) is 9.11. The Morgan fingerprint density at radius 3 is 2.30 bits per heavy atom. The van der Waals surface area contributed by atoms with Gasteiger partial charge in [-0.15, -0.1) is 0 Å². The van der Waals surface area contributed by atoms with Crippen LogP contribution in [-0.4, -0.2) is 34.1 Å². The first-order chi connectivity index (χ1) is 14.1. The predicted octanol–water partition coefficient (Wildman–Crippen LogP) is 2.92. The summed E-state index contributed by atoms with van der Waals surface area (Å²) in [6, 6.07) is 11.0. The Kier molecular flexibility index (Phi) is 8.13. The minimum atomic E-state index is -3.88. The summed E-state index contributed by atoms with van der Waals surface area (Å²) in [4.78, 5) is 12.7. The Morgan fingerprint density at radius 1 is 1.07 bits per heavy atom. The number of methoxy groups -OCH3 is 1. The number of ether oxygens (including phenoxy) is 2. The predicted molar refractivity (Wildman–Crippen MR) is 107 cm³/mol. The van der Waals surface area contributed by atoms with Crippen molar-refractivity contribution in [2.45, 2.75) is 37.9 Å². The lowest BCUT2D eigenvalue weighted by molar-refractivity contribution is -0.123. The van der Waals surface area contributed by atoms with E-state index in [1.54, 1.807) is 32.0 Å². The zero-order valence-electron chi connectivity index (χ0n) is 16.8. The van der Waals surface area contributed by atoms with Crippen molar-refractivity contribution in [1.29, 1.82) is 0 Å².